The van der Waals surface area contributed by atoms with Crippen LogP contribution in [0.3, 0.4) is 0 Å². The Morgan fingerprint density at radius 1 is 1.23 bits per heavy atom. The number of halogens is 1. The second-order valence-electron chi connectivity index (χ2n) is 6.42. The number of benzene rings is 1. The van der Waals surface area contributed by atoms with Crippen LogP contribution < -0.4 is 0 Å². The molecule has 3 heterocycles. The number of hydrazone groups is 1. The normalized spacial score (nSPS) is 21.0. The third-order valence-corrected chi connectivity index (χ3v) is 5.61. The summed E-state index contributed by atoms with van der Waals surface area (Å²) in [5.74, 6) is -0.315. The van der Waals surface area contributed by atoms with E-state index in [4.69, 9.17) is 4.74 Å². The summed E-state index contributed by atoms with van der Waals surface area (Å²) in [7, 11) is 0. The summed E-state index contributed by atoms with van der Waals surface area (Å²) in [5, 5.41) is 8.22. The first-order valence-corrected chi connectivity index (χ1v) is 9.57. The molecule has 7 heteroatoms. The average Bonchev–Trinajstić information content (AvgIpc) is 3.33. The van der Waals surface area contributed by atoms with E-state index in [1.807, 2.05) is 17.5 Å². The third kappa shape index (κ3) is 3.70. The highest BCUT2D eigenvalue weighted by Crippen LogP contribution is 2.34. The van der Waals surface area contributed by atoms with Crippen molar-refractivity contribution in [2.45, 2.75) is 12.5 Å². The highest BCUT2D eigenvalue weighted by molar-refractivity contribution is 7.12. The molecule has 26 heavy (non-hydrogen) atoms. The van der Waals surface area contributed by atoms with E-state index in [-0.39, 0.29) is 17.8 Å². The predicted octanol–water partition coefficient (Wildman–Crippen LogP) is 2.90. The second kappa shape index (κ2) is 7.65. The molecule has 0 unspecified atom stereocenters. The largest absolute Gasteiger partial charge is 0.379 e. The van der Waals surface area contributed by atoms with Crippen molar-refractivity contribution in [2.24, 2.45) is 5.10 Å². The van der Waals surface area contributed by atoms with Gasteiger partial charge in [0.15, 0.2) is 0 Å². The van der Waals surface area contributed by atoms with Gasteiger partial charge in [-0.15, -0.1) is 11.3 Å². The first-order valence-electron chi connectivity index (χ1n) is 8.70. The summed E-state index contributed by atoms with van der Waals surface area (Å²) in [6, 6.07) is 10.1. The molecule has 1 fully saturated rings. The zero-order chi connectivity index (χ0) is 17.9. The van der Waals surface area contributed by atoms with E-state index in [2.05, 4.69) is 10.0 Å². The number of thiophene rings is 1. The molecule has 1 amide bonds. The van der Waals surface area contributed by atoms with Gasteiger partial charge in [0.05, 0.1) is 36.4 Å². The minimum atomic E-state index is -0.280. The average molecular weight is 373 g/mol. The minimum absolute atomic E-state index is 0.0345. The summed E-state index contributed by atoms with van der Waals surface area (Å²) in [6.07, 6.45) is 0.640. The lowest BCUT2D eigenvalue weighted by Crippen LogP contribution is -2.43. The van der Waals surface area contributed by atoms with Gasteiger partial charge in [0.2, 0.25) is 0 Å². The molecule has 0 aliphatic carbocycles. The van der Waals surface area contributed by atoms with Crippen molar-refractivity contribution in [1.82, 2.24) is 9.91 Å². The quantitative estimate of drug-likeness (QED) is 0.828. The van der Waals surface area contributed by atoms with Crippen LogP contribution in [0.5, 0.6) is 0 Å². The number of hydrogen-bond acceptors (Lipinski definition) is 5. The topological polar surface area (TPSA) is 45.1 Å². The SMILES string of the molecule is O=C(CN1CCOCC1)N1N=C(c2cccs2)C[C@@H]1c1ccc(F)cc1. The lowest BCUT2D eigenvalue weighted by molar-refractivity contribution is -0.135. The second-order valence-corrected chi connectivity index (χ2v) is 7.37. The number of ether oxygens (including phenoxy) is 1. The van der Waals surface area contributed by atoms with Crippen LogP contribution in [0.2, 0.25) is 0 Å². The van der Waals surface area contributed by atoms with Crippen LogP contribution in [0, 0.1) is 5.82 Å². The van der Waals surface area contributed by atoms with E-state index >= 15 is 0 Å². The fourth-order valence-corrected chi connectivity index (χ4v) is 4.02. The Kier molecular flexibility index (Phi) is 5.10. The Morgan fingerprint density at radius 2 is 2.00 bits per heavy atom. The van der Waals surface area contributed by atoms with Crippen LogP contribution in [0.25, 0.3) is 0 Å². The van der Waals surface area contributed by atoms with Crippen molar-refractivity contribution in [2.75, 3.05) is 32.8 Å². The van der Waals surface area contributed by atoms with Gasteiger partial charge in [-0.3, -0.25) is 9.69 Å². The summed E-state index contributed by atoms with van der Waals surface area (Å²) in [4.78, 5) is 16.1. The number of carbonyl (C=O) groups is 1. The molecule has 0 bridgehead atoms. The lowest BCUT2D eigenvalue weighted by Gasteiger charge is -2.29. The molecule has 5 nitrogen and oxygen atoms in total. The molecule has 0 spiro atoms. The number of rotatable bonds is 4. The van der Waals surface area contributed by atoms with Gasteiger partial charge in [-0.25, -0.2) is 9.40 Å². The van der Waals surface area contributed by atoms with E-state index in [9.17, 15) is 9.18 Å². The van der Waals surface area contributed by atoms with Crippen LogP contribution in [0.4, 0.5) is 4.39 Å². The van der Waals surface area contributed by atoms with Crippen LogP contribution in [0.15, 0.2) is 46.9 Å². The fourth-order valence-electron chi connectivity index (χ4n) is 3.30. The molecule has 136 valence electrons. The van der Waals surface area contributed by atoms with Gasteiger partial charge in [-0.1, -0.05) is 18.2 Å². The van der Waals surface area contributed by atoms with E-state index in [0.29, 0.717) is 26.2 Å². The zero-order valence-corrected chi connectivity index (χ0v) is 15.1. The van der Waals surface area contributed by atoms with Gasteiger partial charge in [0, 0.05) is 19.5 Å². The molecule has 0 radical (unpaired) electrons. The van der Waals surface area contributed by atoms with E-state index in [1.165, 1.54) is 12.1 Å². The van der Waals surface area contributed by atoms with Crippen LogP contribution >= 0.6 is 11.3 Å². The molecule has 2 aliphatic rings. The molecule has 2 aromatic rings. The van der Waals surface area contributed by atoms with Gasteiger partial charge in [-0.2, -0.15) is 5.10 Å². The van der Waals surface area contributed by atoms with Crippen LogP contribution in [-0.4, -0.2) is 54.4 Å². The van der Waals surface area contributed by atoms with Gasteiger partial charge in [0.25, 0.3) is 5.91 Å². The van der Waals surface area contributed by atoms with Gasteiger partial charge >= 0.3 is 0 Å². The smallest absolute Gasteiger partial charge is 0.257 e. The standard InChI is InChI=1S/C19H20FN3O2S/c20-15-5-3-14(4-6-15)17-12-16(18-2-1-11-26-18)21-23(17)19(24)13-22-7-9-25-10-8-22/h1-6,11,17H,7-10,12-13H2/t17-/m1/s1. The number of carbonyl (C=O) groups excluding carboxylic acids is 1. The van der Waals surface area contributed by atoms with E-state index < -0.39 is 0 Å². The Balaban J connectivity index is 1.57. The van der Waals surface area contributed by atoms with Crippen molar-refractivity contribution in [3.8, 4) is 0 Å². The number of morpholine rings is 1. The van der Waals surface area contributed by atoms with E-state index in [0.717, 1.165) is 29.2 Å². The highest BCUT2D eigenvalue weighted by Gasteiger charge is 2.34. The highest BCUT2D eigenvalue weighted by atomic mass is 32.1. The molecule has 2 aliphatic heterocycles. The molecule has 4 rings (SSSR count). The minimum Gasteiger partial charge on any atom is -0.379 e. The Labute approximate surface area is 155 Å². The Morgan fingerprint density at radius 3 is 2.69 bits per heavy atom. The van der Waals surface area contributed by atoms with Gasteiger partial charge in [-0.05, 0) is 29.1 Å². The number of nitrogens with zero attached hydrogens (tertiary/aromatic N) is 3. The number of amides is 1. The van der Waals surface area contributed by atoms with Crippen molar-refractivity contribution < 1.29 is 13.9 Å². The first kappa shape index (κ1) is 17.3. The predicted molar refractivity (Wildman–Crippen MR) is 98.7 cm³/mol. The van der Waals surface area contributed by atoms with Gasteiger partial charge < -0.3 is 4.74 Å². The van der Waals surface area contributed by atoms with Crippen molar-refractivity contribution in [3.63, 3.8) is 0 Å². The van der Waals surface area contributed by atoms with Crippen molar-refractivity contribution in [1.29, 1.82) is 0 Å². The molecule has 0 saturated carbocycles. The summed E-state index contributed by atoms with van der Waals surface area (Å²) < 4.78 is 18.7. The molecule has 1 atom stereocenters. The molecule has 1 aromatic heterocycles. The first-order chi connectivity index (χ1) is 12.7. The zero-order valence-electron chi connectivity index (χ0n) is 14.3. The molecule has 1 aromatic carbocycles. The van der Waals surface area contributed by atoms with Crippen LogP contribution in [0.1, 0.15) is 22.9 Å². The summed E-state index contributed by atoms with van der Waals surface area (Å²) in [6.45, 7) is 3.13. The number of hydrogen-bond donors (Lipinski definition) is 0. The third-order valence-electron chi connectivity index (χ3n) is 4.69. The molecular weight excluding hydrogens is 353 g/mol. The maximum atomic E-state index is 13.3. The summed E-state index contributed by atoms with van der Waals surface area (Å²) >= 11 is 1.61. The molecule has 0 N–H and O–H groups in total. The molecule has 1 saturated heterocycles. The maximum Gasteiger partial charge on any atom is 0.257 e. The van der Waals surface area contributed by atoms with E-state index in [1.54, 1.807) is 28.5 Å². The fraction of sp³-hybridized carbons (Fsp3) is 0.368. The molecular formula is C19H20FN3O2S. The maximum absolute atomic E-state index is 13.3. The Bertz CT molecular complexity index is 786. The monoisotopic (exact) mass is 373 g/mol. The lowest BCUT2D eigenvalue weighted by atomic mass is 10.0. The summed E-state index contributed by atoms with van der Waals surface area (Å²) in [5.41, 5.74) is 1.81. The Hall–Kier alpha value is -2.09. The van der Waals surface area contributed by atoms with Gasteiger partial charge in [0.1, 0.15) is 5.82 Å². The van der Waals surface area contributed by atoms with Crippen molar-refractivity contribution >= 4 is 23.0 Å². The van der Waals surface area contributed by atoms with Crippen LogP contribution in [-0.2, 0) is 9.53 Å². The van der Waals surface area contributed by atoms with Crippen molar-refractivity contribution in [3.05, 3.63) is 58.0 Å².